The van der Waals surface area contributed by atoms with Gasteiger partial charge in [-0.2, -0.15) is 0 Å². The Morgan fingerprint density at radius 3 is 2.79 bits per heavy atom. The first kappa shape index (κ1) is 9.09. The maximum absolute atomic E-state index is 8.91. The van der Waals surface area contributed by atoms with E-state index in [1.807, 2.05) is 0 Å². The highest BCUT2D eigenvalue weighted by atomic mass is 16.7. The zero-order valence-corrected chi connectivity index (χ0v) is 8.09. The minimum Gasteiger partial charge on any atom is -0.394 e. The third kappa shape index (κ3) is 1.56. The van der Waals surface area contributed by atoms with Gasteiger partial charge in [0.25, 0.3) is 0 Å². The zero-order chi connectivity index (χ0) is 9.54. The second kappa shape index (κ2) is 3.45. The van der Waals surface area contributed by atoms with Gasteiger partial charge in [0.2, 0.25) is 0 Å². The smallest absolute Gasteiger partial charge is 0.161 e. The summed E-state index contributed by atoms with van der Waals surface area (Å²) in [6.07, 6.45) is 4.12. The van der Waals surface area contributed by atoms with Crippen LogP contribution in [0.3, 0.4) is 0 Å². The van der Waals surface area contributed by atoms with Crippen molar-refractivity contribution in [3.05, 3.63) is 0 Å². The van der Waals surface area contributed by atoms with Crippen LogP contribution in [0.25, 0.3) is 0 Å². The third-order valence-electron chi connectivity index (χ3n) is 3.41. The molecule has 3 rings (SSSR count). The van der Waals surface area contributed by atoms with E-state index in [1.165, 1.54) is 0 Å². The van der Waals surface area contributed by atoms with Crippen molar-refractivity contribution in [3.63, 3.8) is 0 Å². The van der Waals surface area contributed by atoms with Crippen molar-refractivity contribution < 1.29 is 19.3 Å². The van der Waals surface area contributed by atoms with Gasteiger partial charge in [-0.25, -0.2) is 0 Å². The van der Waals surface area contributed by atoms with Gasteiger partial charge in [0.1, 0.15) is 6.10 Å². The Hall–Kier alpha value is -0.160. The van der Waals surface area contributed by atoms with Crippen LogP contribution in [-0.4, -0.2) is 42.9 Å². The second-order valence-electron chi connectivity index (χ2n) is 4.43. The van der Waals surface area contributed by atoms with Crippen molar-refractivity contribution in [2.75, 3.05) is 13.2 Å². The fourth-order valence-electron chi connectivity index (χ4n) is 2.50. The Labute approximate surface area is 83.1 Å². The molecule has 3 aliphatic rings. The monoisotopic (exact) mass is 200 g/mol. The van der Waals surface area contributed by atoms with Crippen molar-refractivity contribution in [1.29, 1.82) is 0 Å². The Balaban J connectivity index is 1.55. The maximum Gasteiger partial charge on any atom is 0.161 e. The first-order chi connectivity index (χ1) is 6.86. The van der Waals surface area contributed by atoms with Crippen LogP contribution in [0.5, 0.6) is 0 Å². The van der Waals surface area contributed by atoms with Crippen molar-refractivity contribution in [2.45, 2.75) is 43.9 Å². The van der Waals surface area contributed by atoms with Gasteiger partial charge >= 0.3 is 0 Å². The number of fused-ring (bicyclic) bond motifs is 1. The summed E-state index contributed by atoms with van der Waals surface area (Å²) in [5.74, 6) is 0.468. The van der Waals surface area contributed by atoms with Gasteiger partial charge < -0.3 is 19.3 Å². The molecule has 3 fully saturated rings. The number of aliphatic hydroxyl groups excluding tert-OH is 1. The van der Waals surface area contributed by atoms with Gasteiger partial charge in [-0.3, -0.25) is 0 Å². The standard InChI is InChI=1S/C10H16O4/c11-4-7-5-12-10(13-7)6-1-2-8-9(3-6)14-8/h6-11H,1-5H2. The largest absolute Gasteiger partial charge is 0.394 e. The number of aliphatic hydroxyl groups is 1. The summed E-state index contributed by atoms with van der Waals surface area (Å²) in [4.78, 5) is 0. The minimum absolute atomic E-state index is 0.0613. The maximum atomic E-state index is 8.91. The highest BCUT2D eigenvalue weighted by molar-refractivity contribution is 4.93. The lowest BCUT2D eigenvalue weighted by Gasteiger charge is -2.23. The number of rotatable bonds is 2. The molecule has 0 amide bonds. The average Bonchev–Trinajstić information content (AvgIpc) is 2.84. The normalized spacial score (nSPS) is 51.6. The van der Waals surface area contributed by atoms with Crippen LogP contribution in [0.15, 0.2) is 0 Å². The SMILES string of the molecule is OCC1COC(C2CCC3OC3C2)O1. The molecule has 0 aromatic rings. The Bertz CT molecular complexity index is 220. The highest BCUT2D eigenvalue weighted by Crippen LogP contribution is 2.42. The zero-order valence-electron chi connectivity index (χ0n) is 8.09. The molecule has 0 aromatic carbocycles. The molecule has 2 heterocycles. The van der Waals surface area contributed by atoms with Crippen LogP contribution in [-0.2, 0) is 14.2 Å². The Kier molecular flexibility index (Phi) is 2.24. The predicted octanol–water partition coefficient (Wildman–Crippen LogP) is 0.288. The van der Waals surface area contributed by atoms with E-state index in [-0.39, 0.29) is 19.0 Å². The van der Waals surface area contributed by atoms with Gasteiger partial charge in [-0.05, 0) is 19.3 Å². The first-order valence-corrected chi connectivity index (χ1v) is 5.40. The van der Waals surface area contributed by atoms with Crippen LogP contribution < -0.4 is 0 Å². The molecular formula is C10H16O4. The number of hydrogen-bond acceptors (Lipinski definition) is 4. The van der Waals surface area contributed by atoms with Crippen LogP contribution in [0, 0.1) is 5.92 Å². The molecule has 80 valence electrons. The molecule has 1 aliphatic carbocycles. The second-order valence-corrected chi connectivity index (χ2v) is 4.43. The van der Waals surface area contributed by atoms with E-state index in [2.05, 4.69) is 0 Å². The van der Waals surface area contributed by atoms with E-state index in [0.29, 0.717) is 24.7 Å². The van der Waals surface area contributed by atoms with E-state index >= 15 is 0 Å². The molecule has 4 heteroatoms. The van der Waals surface area contributed by atoms with Gasteiger partial charge in [-0.1, -0.05) is 0 Å². The van der Waals surface area contributed by atoms with E-state index < -0.39 is 0 Å². The average molecular weight is 200 g/mol. The molecule has 0 spiro atoms. The Morgan fingerprint density at radius 2 is 2.07 bits per heavy atom. The number of ether oxygens (including phenoxy) is 3. The van der Waals surface area contributed by atoms with Crippen molar-refractivity contribution >= 4 is 0 Å². The van der Waals surface area contributed by atoms with Crippen LogP contribution in [0.1, 0.15) is 19.3 Å². The molecule has 1 N–H and O–H groups in total. The van der Waals surface area contributed by atoms with Crippen molar-refractivity contribution in [1.82, 2.24) is 0 Å². The van der Waals surface area contributed by atoms with Gasteiger partial charge in [0.05, 0.1) is 25.4 Å². The van der Waals surface area contributed by atoms with E-state index in [9.17, 15) is 0 Å². The van der Waals surface area contributed by atoms with Crippen LogP contribution in [0.4, 0.5) is 0 Å². The van der Waals surface area contributed by atoms with Crippen molar-refractivity contribution in [3.8, 4) is 0 Å². The van der Waals surface area contributed by atoms with Crippen LogP contribution >= 0.6 is 0 Å². The number of hydrogen-bond donors (Lipinski definition) is 1. The minimum atomic E-state index is -0.113. The van der Waals surface area contributed by atoms with E-state index in [0.717, 1.165) is 19.3 Å². The summed E-state index contributed by atoms with van der Waals surface area (Å²) in [5, 5.41) is 8.91. The fraction of sp³-hybridized carbons (Fsp3) is 1.00. The molecule has 0 bridgehead atoms. The molecule has 5 unspecified atom stereocenters. The van der Waals surface area contributed by atoms with Crippen LogP contribution in [0.2, 0.25) is 0 Å². The molecule has 1 saturated carbocycles. The van der Waals surface area contributed by atoms with Gasteiger partial charge in [0, 0.05) is 5.92 Å². The fourth-order valence-corrected chi connectivity index (χ4v) is 2.50. The summed E-state index contributed by atoms with van der Waals surface area (Å²) >= 11 is 0. The first-order valence-electron chi connectivity index (χ1n) is 5.40. The molecule has 0 radical (unpaired) electrons. The lowest BCUT2D eigenvalue weighted by Crippen LogP contribution is -2.28. The lowest BCUT2D eigenvalue weighted by atomic mass is 9.89. The highest BCUT2D eigenvalue weighted by Gasteiger charge is 2.47. The summed E-state index contributed by atoms with van der Waals surface area (Å²) in [6.45, 7) is 0.596. The molecule has 2 aliphatic heterocycles. The topological polar surface area (TPSA) is 51.2 Å². The molecular weight excluding hydrogens is 184 g/mol. The quantitative estimate of drug-likeness (QED) is 0.651. The molecule has 14 heavy (non-hydrogen) atoms. The molecule has 5 atom stereocenters. The van der Waals surface area contributed by atoms with E-state index in [4.69, 9.17) is 19.3 Å². The van der Waals surface area contributed by atoms with E-state index in [1.54, 1.807) is 0 Å². The third-order valence-corrected chi connectivity index (χ3v) is 3.41. The molecule has 4 nitrogen and oxygen atoms in total. The van der Waals surface area contributed by atoms with Crippen molar-refractivity contribution in [2.24, 2.45) is 5.92 Å². The molecule has 2 saturated heterocycles. The van der Waals surface area contributed by atoms with Gasteiger partial charge in [0.15, 0.2) is 6.29 Å². The predicted molar refractivity (Wildman–Crippen MR) is 47.7 cm³/mol. The summed E-state index contributed by atoms with van der Waals surface area (Å²) in [6, 6.07) is 0. The molecule has 0 aromatic heterocycles. The Morgan fingerprint density at radius 1 is 1.14 bits per heavy atom. The summed E-state index contributed by atoms with van der Waals surface area (Å²) in [5.41, 5.74) is 0. The summed E-state index contributed by atoms with van der Waals surface area (Å²) < 4.78 is 16.6. The van der Waals surface area contributed by atoms with Gasteiger partial charge in [-0.15, -0.1) is 0 Å². The summed E-state index contributed by atoms with van der Waals surface area (Å²) in [7, 11) is 0. The number of epoxide rings is 1. The lowest BCUT2D eigenvalue weighted by molar-refractivity contribution is -0.108.